The Morgan fingerprint density at radius 3 is 2.82 bits per heavy atom. The van der Waals surface area contributed by atoms with Crippen LogP contribution in [0.4, 0.5) is 5.82 Å². The van der Waals surface area contributed by atoms with Crippen molar-refractivity contribution >= 4 is 17.2 Å². The summed E-state index contributed by atoms with van der Waals surface area (Å²) in [4.78, 5) is 10.3. The van der Waals surface area contributed by atoms with Gasteiger partial charge in [-0.25, -0.2) is 9.97 Å². The summed E-state index contributed by atoms with van der Waals surface area (Å²) in [6.07, 6.45) is 0. The fourth-order valence-corrected chi connectivity index (χ4v) is 2.18. The molecule has 2 heterocycles. The lowest BCUT2D eigenvalue weighted by Crippen LogP contribution is -2.05. The van der Waals surface area contributed by atoms with Crippen LogP contribution in [-0.4, -0.2) is 9.97 Å². The minimum atomic E-state index is 0.359. The number of thiophene rings is 1. The number of nitrogens with one attached hydrogen (secondary N) is 1. The van der Waals surface area contributed by atoms with Crippen LogP contribution in [0.3, 0.4) is 0 Å². The minimum absolute atomic E-state index is 0.359. The Morgan fingerprint density at radius 2 is 2.18 bits per heavy atom. The largest absolute Gasteiger partial charge is 0.365 e. The van der Waals surface area contributed by atoms with Gasteiger partial charge in [-0.1, -0.05) is 19.9 Å². The van der Waals surface area contributed by atoms with Crippen LogP contribution in [0.5, 0.6) is 0 Å². The second kappa shape index (κ2) is 5.27. The lowest BCUT2D eigenvalue weighted by atomic mass is 10.2. The van der Waals surface area contributed by atoms with Gasteiger partial charge in [0.15, 0.2) is 0 Å². The van der Waals surface area contributed by atoms with Crippen molar-refractivity contribution in [3.63, 3.8) is 0 Å². The Hall–Kier alpha value is -1.42. The molecule has 0 aliphatic rings. The van der Waals surface area contributed by atoms with Gasteiger partial charge >= 0.3 is 0 Å². The van der Waals surface area contributed by atoms with Crippen LogP contribution in [0.2, 0.25) is 0 Å². The summed E-state index contributed by atoms with van der Waals surface area (Å²) in [5.74, 6) is 2.17. The van der Waals surface area contributed by atoms with E-state index >= 15 is 0 Å². The molecule has 0 fully saturated rings. The topological polar surface area (TPSA) is 37.8 Å². The van der Waals surface area contributed by atoms with Crippen LogP contribution in [0.15, 0.2) is 23.6 Å². The van der Waals surface area contributed by atoms with Crippen molar-refractivity contribution in [3.8, 4) is 0 Å². The van der Waals surface area contributed by atoms with E-state index in [0.717, 1.165) is 23.9 Å². The fraction of sp³-hybridized carbons (Fsp3) is 0.385. The summed E-state index contributed by atoms with van der Waals surface area (Å²) in [6, 6.07) is 6.17. The molecular weight excluding hydrogens is 230 g/mol. The van der Waals surface area contributed by atoms with Gasteiger partial charge in [0.25, 0.3) is 0 Å². The fourth-order valence-electron chi connectivity index (χ4n) is 1.53. The average Bonchev–Trinajstić information content (AvgIpc) is 2.78. The molecule has 0 bridgehead atoms. The van der Waals surface area contributed by atoms with E-state index in [4.69, 9.17) is 0 Å². The SMILES string of the molecule is Cc1cc(NCc2cccs2)nc(C(C)C)n1. The van der Waals surface area contributed by atoms with E-state index in [1.54, 1.807) is 11.3 Å². The summed E-state index contributed by atoms with van der Waals surface area (Å²) in [7, 11) is 0. The number of rotatable bonds is 4. The first-order chi connectivity index (χ1) is 8.15. The van der Waals surface area contributed by atoms with Gasteiger partial charge in [0.1, 0.15) is 11.6 Å². The minimum Gasteiger partial charge on any atom is -0.365 e. The third kappa shape index (κ3) is 3.27. The second-order valence-corrected chi connectivity index (χ2v) is 5.37. The molecule has 0 aliphatic heterocycles. The van der Waals surface area contributed by atoms with Crippen LogP contribution in [0.1, 0.15) is 36.2 Å². The van der Waals surface area contributed by atoms with Gasteiger partial charge in [-0.3, -0.25) is 0 Å². The van der Waals surface area contributed by atoms with E-state index in [1.165, 1.54) is 4.88 Å². The number of hydrogen-bond acceptors (Lipinski definition) is 4. The van der Waals surface area contributed by atoms with Gasteiger partial charge in [0, 0.05) is 22.6 Å². The zero-order valence-corrected chi connectivity index (χ0v) is 11.2. The first-order valence-electron chi connectivity index (χ1n) is 5.77. The summed E-state index contributed by atoms with van der Waals surface area (Å²) in [5.41, 5.74) is 1.01. The Bertz CT molecular complexity index is 477. The first-order valence-corrected chi connectivity index (χ1v) is 6.65. The zero-order chi connectivity index (χ0) is 12.3. The molecule has 17 heavy (non-hydrogen) atoms. The molecule has 2 rings (SSSR count). The van der Waals surface area contributed by atoms with Crippen molar-refractivity contribution in [3.05, 3.63) is 40.0 Å². The van der Waals surface area contributed by atoms with Crippen LogP contribution < -0.4 is 5.32 Å². The molecule has 2 aromatic heterocycles. The van der Waals surface area contributed by atoms with E-state index < -0.39 is 0 Å². The lowest BCUT2D eigenvalue weighted by molar-refractivity contribution is 0.767. The second-order valence-electron chi connectivity index (χ2n) is 4.34. The highest BCUT2D eigenvalue weighted by molar-refractivity contribution is 7.09. The molecule has 0 saturated carbocycles. The molecule has 0 aliphatic carbocycles. The summed E-state index contributed by atoms with van der Waals surface area (Å²) < 4.78 is 0. The predicted octanol–water partition coefficient (Wildman–Crippen LogP) is 3.58. The van der Waals surface area contributed by atoms with Crippen LogP contribution >= 0.6 is 11.3 Å². The normalized spacial score (nSPS) is 10.8. The van der Waals surface area contributed by atoms with Gasteiger partial charge in [-0.2, -0.15) is 0 Å². The molecule has 2 aromatic rings. The molecule has 0 saturated heterocycles. The van der Waals surface area contributed by atoms with E-state index in [9.17, 15) is 0 Å². The third-order valence-electron chi connectivity index (χ3n) is 2.41. The van der Waals surface area contributed by atoms with E-state index in [1.807, 2.05) is 13.0 Å². The van der Waals surface area contributed by atoms with Gasteiger partial charge in [0.05, 0.1) is 6.54 Å². The molecule has 1 N–H and O–H groups in total. The number of nitrogens with zero attached hydrogens (tertiary/aromatic N) is 2. The van der Waals surface area contributed by atoms with Crippen molar-refractivity contribution in [2.45, 2.75) is 33.2 Å². The number of anilines is 1. The molecule has 0 spiro atoms. The molecule has 0 amide bonds. The van der Waals surface area contributed by atoms with Crippen molar-refractivity contribution < 1.29 is 0 Å². The van der Waals surface area contributed by atoms with Crippen molar-refractivity contribution in [1.29, 1.82) is 0 Å². The smallest absolute Gasteiger partial charge is 0.133 e. The summed E-state index contributed by atoms with van der Waals surface area (Å²) in [6.45, 7) is 7.05. The Kier molecular flexibility index (Phi) is 3.74. The van der Waals surface area contributed by atoms with Crippen molar-refractivity contribution in [1.82, 2.24) is 9.97 Å². The Morgan fingerprint density at radius 1 is 1.35 bits per heavy atom. The maximum Gasteiger partial charge on any atom is 0.133 e. The predicted molar refractivity (Wildman–Crippen MR) is 72.5 cm³/mol. The monoisotopic (exact) mass is 247 g/mol. The highest BCUT2D eigenvalue weighted by atomic mass is 32.1. The quantitative estimate of drug-likeness (QED) is 0.897. The van der Waals surface area contributed by atoms with Crippen molar-refractivity contribution in [2.75, 3.05) is 5.32 Å². The Labute approximate surface area is 106 Å². The highest BCUT2D eigenvalue weighted by Crippen LogP contribution is 2.15. The molecule has 0 atom stereocenters. The third-order valence-corrected chi connectivity index (χ3v) is 3.29. The standard InChI is InChI=1S/C13H17N3S/c1-9(2)13-15-10(3)7-12(16-13)14-8-11-5-4-6-17-11/h4-7,9H,8H2,1-3H3,(H,14,15,16). The lowest BCUT2D eigenvalue weighted by Gasteiger charge is -2.09. The van der Waals surface area contributed by atoms with Crippen LogP contribution in [0, 0.1) is 6.92 Å². The summed E-state index contributed by atoms with van der Waals surface area (Å²) >= 11 is 1.75. The van der Waals surface area contributed by atoms with Crippen molar-refractivity contribution in [2.24, 2.45) is 0 Å². The number of aromatic nitrogens is 2. The molecular formula is C13H17N3S. The van der Waals surface area contributed by atoms with E-state index in [0.29, 0.717) is 5.92 Å². The van der Waals surface area contributed by atoms with Crippen LogP contribution in [-0.2, 0) is 6.54 Å². The summed E-state index contributed by atoms with van der Waals surface area (Å²) in [5, 5.41) is 5.43. The molecule has 4 heteroatoms. The highest BCUT2D eigenvalue weighted by Gasteiger charge is 2.06. The molecule has 0 radical (unpaired) electrons. The maximum atomic E-state index is 4.51. The molecule has 0 unspecified atom stereocenters. The van der Waals surface area contributed by atoms with Gasteiger partial charge in [0.2, 0.25) is 0 Å². The average molecular weight is 247 g/mol. The molecule has 0 aromatic carbocycles. The number of aryl methyl sites for hydroxylation is 1. The van der Waals surface area contributed by atoms with Gasteiger partial charge in [-0.15, -0.1) is 11.3 Å². The zero-order valence-electron chi connectivity index (χ0n) is 10.4. The van der Waals surface area contributed by atoms with E-state index in [2.05, 4.69) is 46.6 Å². The Balaban J connectivity index is 2.10. The molecule has 3 nitrogen and oxygen atoms in total. The first kappa shape index (κ1) is 12.0. The van der Waals surface area contributed by atoms with Gasteiger partial charge in [-0.05, 0) is 18.4 Å². The maximum absolute atomic E-state index is 4.51. The van der Waals surface area contributed by atoms with E-state index in [-0.39, 0.29) is 0 Å². The number of hydrogen-bond donors (Lipinski definition) is 1. The van der Waals surface area contributed by atoms with Gasteiger partial charge < -0.3 is 5.32 Å². The van der Waals surface area contributed by atoms with Crippen LogP contribution in [0.25, 0.3) is 0 Å². The molecule has 90 valence electrons.